The number of hydrogen-bond acceptors (Lipinski definition) is 5. The van der Waals surface area contributed by atoms with Crippen LogP contribution in [0.5, 0.6) is 0 Å². The van der Waals surface area contributed by atoms with Gasteiger partial charge in [0.2, 0.25) is 0 Å². The van der Waals surface area contributed by atoms with Crippen molar-refractivity contribution in [2.75, 3.05) is 31.2 Å². The Hall–Kier alpha value is -1.17. The van der Waals surface area contributed by atoms with Crippen LogP contribution in [0, 0.1) is 0 Å². The number of ether oxygens (including phenoxy) is 1. The van der Waals surface area contributed by atoms with Gasteiger partial charge in [0.1, 0.15) is 5.82 Å². The monoisotopic (exact) mass is 237 g/mol. The molecule has 0 aromatic carbocycles. The molecule has 1 aliphatic heterocycles. The zero-order chi connectivity index (χ0) is 12.3. The number of nitrogens with zero attached hydrogens (tertiary/aromatic N) is 2. The Kier molecular flexibility index (Phi) is 3.93. The third-order valence-corrected chi connectivity index (χ3v) is 2.95. The Morgan fingerprint density at radius 3 is 3.24 bits per heavy atom. The van der Waals surface area contributed by atoms with E-state index in [2.05, 4.69) is 9.88 Å². The number of nitrogens with two attached hydrogens (primary N) is 1. The molecule has 2 heterocycles. The van der Waals surface area contributed by atoms with Crippen molar-refractivity contribution in [1.82, 2.24) is 4.98 Å². The highest BCUT2D eigenvalue weighted by Gasteiger charge is 2.23. The van der Waals surface area contributed by atoms with Crippen LogP contribution in [-0.4, -0.2) is 42.5 Å². The van der Waals surface area contributed by atoms with Gasteiger partial charge in [0.25, 0.3) is 0 Å². The summed E-state index contributed by atoms with van der Waals surface area (Å²) in [4.78, 5) is 6.53. The van der Waals surface area contributed by atoms with Gasteiger partial charge in [-0.05, 0) is 13.0 Å². The molecule has 0 radical (unpaired) electrons. The Bertz CT molecular complexity index is 371. The fourth-order valence-electron chi connectivity index (χ4n) is 2.05. The van der Waals surface area contributed by atoms with Crippen LogP contribution >= 0.6 is 0 Å². The van der Waals surface area contributed by atoms with Crippen LogP contribution in [-0.2, 0) is 4.74 Å². The van der Waals surface area contributed by atoms with Gasteiger partial charge in [-0.2, -0.15) is 0 Å². The van der Waals surface area contributed by atoms with Gasteiger partial charge in [0, 0.05) is 30.9 Å². The van der Waals surface area contributed by atoms with Gasteiger partial charge in [-0.15, -0.1) is 0 Å². The van der Waals surface area contributed by atoms with Gasteiger partial charge >= 0.3 is 0 Å². The maximum absolute atomic E-state index is 9.14. The van der Waals surface area contributed by atoms with E-state index in [0.29, 0.717) is 13.2 Å². The van der Waals surface area contributed by atoms with Crippen LogP contribution in [0.4, 0.5) is 5.82 Å². The molecule has 5 heteroatoms. The van der Waals surface area contributed by atoms with Gasteiger partial charge in [-0.3, -0.25) is 0 Å². The summed E-state index contributed by atoms with van der Waals surface area (Å²) in [6.07, 6.45) is 1.64. The summed E-state index contributed by atoms with van der Waals surface area (Å²) in [6, 6.07) is 3.84. The highest BCUT2D eigenvalue weighted by molar-refractivity contribution is 5.48. The molecular formula is C12H19N3O2. The first kappa shape index (κ1) is 12.3. The fourth-order valence-corrected chi connectivity index (χ4v) is 2.05. The Labute approximate surface area is 101 Å². The summed E-state index contributed by atoms with van der Waals surface area (Å²) in [5, 5.41) is 9.14. The molecule has 1 aliphatic rings. The van der Waals surface area contributed by atoms with E-state index in [4.69, 9.17) is 15.6 Å². The molecule has 1 aromatic rings. The highest BCUT2D eigenvalue weighted by atomic mass is 16.5. The average Bonchev–Trinajstić information content (AvgIpc) is 2.39. The lowest BCUT2D eigenvalue weighted by molar-refractivity contribution is 0.00330. The summed E-state index contributed by atoms with van der Waals surface area (Å²) in [7, 11) is 0. The topological polar surface area (TPSA) is 71.6 Å². The molecule has 17 heavy (non-hydrogen) atoms. The number of aromatic nitrogens is 1. The van der Waals surface area contributed by atoms with E-state index in [-0.39, 0.29) is 18.8 Å². The van der Waals surface area contributed by atoms with Gasteiger partial charge in [-0.25, -0.2) is 4.98 Å². The Morgan fingerprint density at radius 2 is 2.53 bits per heavy atom. The van der Waals surface area contributed by atoms with Crippen LogP contribution in [0.1, 0.15) is 18.5 Å². The number of aliphatic hydroxyl groups is 1. The molecule has 0 spiro atoms. The maximum atomic E-state index is 9.14. The van der Waals surface area contributed by atoms with Crippen LogP contribution in [0.3, 0.4) is 0 Å². The van der Waals surface area contributed by atoms with E-state index in [1.807, 2.05) is 19.1 Å². The van der Waals surface area contributed by atoms with E-state index in [0.717, 1.165) is 17.9 Å². The summed E-state index contributed by atoms with van der Waals surface area (Å²) in [5.41, 5.74) is 6.97. The minimum absolute atomic E-state index is 0.0385. The van der Waals surface area contributed by atoms with E-state index >= 15 is 0 Å². The van der Waals surface area contributed by atoms with Crippen molar-refractivity contribution in [2.45, 2.75) is 19.1 Å². The second-order valence-electron chi connectivity index (χ2n) is 4.33. The molecule has 0 aliphatic carbocycles. The molecule has 2 rings (SSSR count). The van der Waals surface area contributed by atoms with Gasteiger partial charge in [0.15, 0.2) is 0 Å². The maximum Gasteiger partial charge on any atom is 0.133 e. The van der Waals surface area contributed by atoms with Gasteiger partial charge < -0.3 is 20.5 Å². The summed E-state index contributed by atoms with van der Waals surface area (Å²) >= 11 is 0. The largest absolute Gasteiger partial charge is 0.394 e. The molecule has 1 aromatic heterocycles. The lowest BCUT2D eigenvalue weighted by Crippen LogP contribution is -2.45. The summed E-state index contributed by atoms with van der Waals surface area (Å²) in [5.74, 6) is 0.907. The van der Waals surface area contributed by atoms with Gasteiger partial charge in [0.05, 0.1) is 19.3 Å². The van der Waals surface area contributed by atoms with Crippen molar-refractivity contribution in [2.24, 2.45) is 5.73 Å². The highest BCUT2D eigenvalue weighted by Crippen LogP contribution is 2.23. The van der Waals surface area contributed by atoms with Crippen molar-refractivity contribution in [3.63, 3.8) is 0 Å². The molecule has 0 amide bonds. The quantitative estimate of drug-likeness (QED) is 0.791. The lowest BCUT2D eigenvalue weighted by Gasteiger charge is -2.34. The van der Waals surface area contributed by atoms with Crippen molar-refractivity contribution in [3.05, 3.63) is 23.9 Å². The number of anilines is 1. The summed E-state index contributed by atoms with van der Waals surface area (Å²) in [6.45, 7) is 4.04. The minimum Gasteiger partial charge on any atom is -0.394 e. The first-order valence-corrected chi connectivity index (χ1v) is 5.90. The smallest absolute Gasteiger partial charge is 0.133 e. The third kappa shape index (κ3) is 2.74. The molecule has 5 nitrogen and oxygen atoms in total. The Morgan fingerprint density at radius 1 is 1.71 bits per heavy atom. The molecule has 94 valence electrons. The zero-order valence-corrected chi connectivity index (χ0v) is 10.0. The van der Waals surface area contributed by atoms with Gasteiger partial charge in [-0.1, -0.05) is 6.07 Å². The van der Waals surface area contributed by atoms with E-state index in [9.17, 15) is 0 Å². The van der Waals surface area contributed by atoms with Crippen LogP contribution in [0.2, 0.25) is 0 Å². The molecule has 3 N–H and O–H groups in total. The molecule has 2 unspecified atom stereocenters. The molecule has 0 bridgehead atoms. The fraction of sp³-hybridized carbons (Fsp3) is 0.583. The average molecular weight is 237 g/mol. The molecule has 0 saturated carbocycles. The summed E-state index contributed by atoms with van der Waals surface area (Å²) < 4.78 is 5.43. The predicted molar refractivity (Wildman–Crippen MR) is 65.9 cm³/mol. The second kappa shape index (κ2) is 5.44. The van der Waals surface area contributed by atoms with Crippen molar-refractivity contribution >= 4 is 5.82 Å². The first-order valence-electron chi connectivity index (χ1n) is 5.90. The Balaban J connectivity index is 2.21. The minimum atomic E-state index is -0.133. The van der Waals surface area contributed by atoms with Crippen molar-refractivity contribution in [3.8, 4) is 0 Å². The zero-order valence-electron chi connectivity index (χ0n) is 10.0. The van der Waals surface area contributed by atoms with Crippen LogP contribution < -0.4 is 10.6 Å². The number of aliphatic hydroxyl groups excluding tert-OH is 1. The number of rotatable bonds is 3. The van der Waals surface area contributed by atoms with E-state index < -0.39 is 0 Å². The number of morpholine rings is 1. The molecule has 2 atom stereocenters. The standard InChI is InChI=1S/C12H19N3O2/c1-9(13)11-3-2-4-14-12(11)15-5-6-17-10(7-15)8-16/h2-4,9-10,16H,5-8,13H2,1H3. The normalized spacial score (nSPS) is 22.5. The second-order valence-corrected chi connectivity index (χ2v) is 4.33. The predicted octanol–water partition coefficient (Wildman–Crippen LogP) is 0.299. The molecule has 1 fully saturated rings. The lowest BCUT2D eigenvalue weighted by atomic mass is 10.1. The third-order valence-electron chi connectivity index (χ3n) is 2.95. The number of hydrogen-bond donors (Lipinski definition) is 2. The molecule has 1 saturated heterocycles. The van der Waals surface area contributed by atoms with E-state index in [1.165, 1.54) is 0 Å². The molecular weight excluding hydrogens is 218 g/mol. The van der Waals surface area contributed by atoms with Crippen molar-refractivity contribution < 1.29 is 9.84 Å². The first-order chi connectivity index (χ1) is 8.22. The van der Waals surface area contributed by atoms with Crippen LogP contribution in [0.25, 0.3) is 0 Å². The number of pyridine rings is 1. The SMILES string of the molecule is CC(N)c1cccnc1N1CCOC(CO)C1. The van der Waals surface area contributed by atoms with Crippen LogP contribution in [0.15, 0.2) is 18.3 Å². The van der Waals surface area contributed by atoms with E-state index in [1.54, 1.807) is 6.20 Å². The van der Waals surface area contributed by atoms with Crippen molar-refractivity contribution in [1.29, 1.82) is 0 Å².